The normalized spacial score (nSPS) is 13.8. The molecule has 0 saturated carbocycles. The maximum absolute atomic E-state index is 11.4. The lowest BCUT2D eigenvalue weighted by Crippen LogP contribution is -2.52. The van der Waals surface area contributed by atoms with Gasteiger partial charge in [0, 0.05) is 6.42 Å². The second-order valence-corrected chi connectivity index (χ2v) is 3.91. The Kier molecular flexibility index (Phi) is 4.23. The van der Waals surface area contributed by atoms with Gasteiger partial charge in [-0.1, -0.05) is 30.3 Å². The molecule has 1 aromatic rings. The molecule has 0 aliphatic heterocycles. The molecule has 1 atom stereocenters. The second kappa shape index (κ2) is 5.45. The Morgan fingerprint density at radius 3 is 2.41 bits per heavy atom. The topological polar surface area (TPSA) is 86.6 Å². The molecule has 0 aliphatic carbocycles. The van der Waals surface area contributed by atoms with Crippen LogP contribution in [-0.2, 0) is 16.0 Å². The van der Waals surface area contributed by atoms with Gasteiger partial charge < -0.3 is 15.5 Å². The van der Waals surface area contributed by atoms with Gasteiger partial charge >= 0.3 is 5.97 Å². The van der Waals surface area contributed by atoms with Crippen LogP contribution in [0.3, 0.4) is 0 Å². The van der Waals surface area contributed by atoms with E-state index in [2.05, 4.69) is 0 Å². The first kappa shape index (κ1) is 13.2. The van der Waals surface area contributed by atoms with Crippen molar-refractivity contribution >= 4 is 11.9 Å². The van der Waals surface area contributed by atoms with Crippen molar-refractivity contribution in [3.8, 4) is 0 Å². The summed E-state index contributed by atoms with van der Waals surface area (Å²) in [4.78, 5) is 22.0. The van der Waals surface area contributed by atoms with Gasteiger partial charge in [0.05, 0.1) is 0 Å². The van der Waals surface area contributed by atoms with Gasteiger partial charge in [-0.15, -0.1) is 0 Å². The number of hydrogen-bond donors (Lipinski definition) is 3. The quantitative estimate of drug-likeness (QED) is 0.652. The van der Waals surface area contributed by atoms with Crippen LogP contribution in [0.1, 0.15) is 18.9 Å². The van der Waals surface area contributed by atoms with Gasteiger partial charge in [0.2, 0.25) is 11.6 Å². The van der Waals surface area contributed by atoms with Crippen LogP contribution in [0.25, 0.3) is 0 Å². The number of hydrogen-bond acceptors (Lipinski definition) is 3. The number of nitrogens with one attached hydrogen (secondary N) is 1. The number of carboxylic acids is 1. The molecule has 1 amide bonds. The van der Waals surface area contributed by atoms with Crippen molar-refractivity contribution in [2.24, 2.45) is 0 Å². The highest BCUT2D eigenvalue weighted by Gasteiger charge is 2.31. The number of aryl methyl sites for hydroxylation is 1. The third kappa shape index (κ3) is 4.24. The molecule has 0 saturated heterocycles. The molecule has 0 radical (unpaired) electrons. The number of carbonyl (C=O) groups is 2. The van der Waals surface area contributed by atoms with Gasteiger partial charge in [0.1, 0.15) is 0 Å². The van der Waals surface area contributed by atoms with Crippen molar-refractivity contribution in [1.29, 1.82) is 0 Å². The maximum Gasteiger partial charge on any atom is 0.356 e. The van der Waals surface area contributed by atoms with E-state index in [0.717, 1.165) is 12.5 Å². The van der Waals surface area contributed by atoms with E-state index in [-0.39, 0.29) is 6.42 Å². The highest BCUT2D eigenvalue weighted by Crippen LogP contribution is 2.04. The molecule has 92 valence electrons. The fraction of sp³-hybridized carbons (Fsp3) is 0.333. The summed E-state index contributed by atoms with van der Waals surface area (Å²) in [5.41, 5.74) is -1.23. The lowest BCUT2D eigenvalue weighted by molar-refractivity contribution is -0.163. The minimum absolute atomic E-state index is 0.132. The molecule has 5 heteroatoms. The molecule has 17 heavy (non-hydrogen) atoms. The van der Waals surface area contributed by atoms with Gasteiger partial charge in [-0.05, 0) is 18.9 Å². The number of benzene rings is 1. The van der Waals surface area contributed by atoms with Gasteiger partial charge in [-0.25, -0.2) is 4.79 Å². The van der Waals surface area contributed by atoms with Crippen molar-refractivity contribution in [1.82, 2.24) is 5.32 Å². The van der Waals surface area contributed by atoms with E-state index < -0.39 is 17.6 Å². The predicted octanol–water partition coefficient (Wildman–Crippen LogP) is 0.528. The Balaban J connectivity index is 2.44. The van der Waals surface area contributed by atoms with Gasteiger partial charge in [-0.3, -0.25) is 4.79 Å². The summed E-state index contributed by atoms with van der Waals surface area (Å²) in [6.07, 6.45) is 0.635. The van der Waals surface area contributed by atoms with Crippen LogP contribution in [0.5, 0.6) is 0 Å². The molecule has 3 N–H and O–H groups in total. The summed E-state index contributed by atoms with van der Waals surface area (Å²) in [7, 11) is 0. The Bertz CT molecular complexity index is 400. The van der Waals surface area contributed by atoms with Crippen molar-refractivity contribution in [3.05, 3.63) is 35.9 Å². The van der Waals surface area contributed by atoms with Crippen molar-refractivity contribution in [2.45, 2.75) is 25.5 Å². The summed E-state index contributed by atoms with van der Waals surface area (Å²) in [6.45, 7) is 1.02. The zero-order valence-electron chi connectivity index (χ0n) is 9.51. The average Bonchev–Trinajstić information content (AvgIpc) is 2.27. The lowest BCUT2D eigenvalue weighted by atomic mass is 10.1. The third-order valence-corrected chi connectivity index (χ3v) is 2.28. The van der Waals surface area contributed by atoms with E-state index in [9.17, 15) is 14.7 Å². The molecule has 0 fully saturated rings. The average molecular weight is 237 g/mol. The largest absolute Gasteiger partial charge is 0.478 e. The Hall–Kier alpha value is -1.88. The second-order valence-electron chi connectivity index (χ2n) is 3.91. The molecule has 0 aromatic heterocycles. The van der Waals surface area contributed by atoms with E-state index in [1.54, 1.807) is 0 Å². The first-order valence-corrected chi connectivity index (χ1v) is 5.22. The minimum atomic E-state index is -2.21. The standard InChI is InChI=1S/C12H15NO4/c1-12(17,11(15)16)13-10(14)8-7-9-5-3-2-4-6-9/h2-6,17H,7-8H2,1H3,(H,13,14)(H,15,16)/t12-/m1/s1. The zero-order valence-corrected chi connectivity index (χ0v) is 9.51. The molecule has 1 rings (SSSR count). The molecule has 0 spiro atoms. The van der Waals surface area contributed by atoms with E-state index in [0.29, 0.717) is 6.42 Å². The smallest absolute Gasteiger partial charge is 0.356 e. The van der Waals surface area contributed by atoms with Crippen LogP contribution in [0.4, 0.5) is 0 Å². The van der Waals surface area contributed by atoms with Crippen molar-refractivity contribution in [2.75, 3.05) is 0 Å². The van der Waals surface area contributed by atoms with E-state index in [1.807, 2.05) is 35.6 Å². The van der Waals surface area contributed by atoms with Crippen molar-refractivity contribution < 1.29 is 19.8 Å². The summed E-state index contributed by atoms with van der Waals surface area (Å²) in [5, 5.41) is 20.0. The van der Waals surface area contributed by atoms with Crippen LogP contribution in [0.2, 0.25) is 0 Å². The Labute approximate surface area is 99.1 Å². The molecular weight excluding hydrogens is 222 g/mol. The van der Waals surface area contributed by atoms with Crippen LogP contribution >= 0.6 is 0 Å². The Morgan fingerprint density at radius 2 is 1.88 bits per heavy atom. The summed E-state index contributed by atoms with van der Waals surface area (Å²) in [6, 6.07) is 9.35. The van der Waals surface area contributed by atoms with Gasteiger partial charge in [-0.2, -0.15) is 0 Å². The van der Waals surface area contributed by atoms with Gasteiger partial charge in [0.15, 0.2) is 0 Å². The highest BCUT2D eigenvalue weighted by atomic mass is 16.4. The molecular formula is C12H15NO4. The number of carbonyl (C=O) groups excluding carboxylic acids is 1. The molecule has 0 heterocycles. The maximum atomic E-state index is 11.4. The van der Waals surface area contributed by atoms with Crippen molar-refractivity contribution in [3.63, 3.8) is 0 Å². The molecule has 1 aromatic carbocycles. The van der Waals surface area contributed by atoms with Crippen LogP contribution in [0, 0.1) is 0 Å². The van der Waals surface area contributed by atoms with E-state index in [1.165, 1.54) is 0 Å². The fourth-order valence-corrected chi connectivity index (χ4v) is 1.29. The molecule has 0 unspecified atom stereocenters. The van der Waals surface area contributed by atoms with E-state index >= 15 is 0 Å². The fourth-order valence-electron chi connectivity index (χ4n) is 1.29. The first-order chi connectivity index (χ1) is 7.92. The van der Waals surface area contributed by atoms with Crippen LogP contribution in [0.15, 0.2) is 30.3 Å². The SMILES string of the molecule is C[C@](O)(NC(=O)CCc1ccccc1)C(=O)O. The van der Waals surface area contributed by atoms with Crippen LogP contribution < -0.4 is 5.32 Å². The summed E-state index contributed by atoms with van der Waals surface area (Å²) >= 11 is 0. The molecule has 5 nitrogen and oxygen atoms in total. The minimum Gasteiger partial charge on any atom is -0.478 e. The number of rotatable bonds is 5. The first-order valence-electron chi connectivity index (χ1n) is 5.22. The number of amides is 1. The zero-order chi connectivity index (χ0) is 12.9. The summed E-state index contributed by atoms with van der Waals surface area (Å²) in [5.74, 6) is -1.98. The van der Waals surface area contributed by atoms with Gasteiger partial charge in [0.25, 0.3) is 0 Å². The van der Waals surface area contributed by atoms with E-state index in [4.69, 9.17) is 5.11 Å². The number of aliphatic hydroxyl groups is 1. The molecule has 0 bridgehead atoms. The number of aliphatic carboxylic acids is 1. The monoisotopic (exact) mass is 237 g/mol. The number of carboxylic acid groups (broad SMARTS) is 1. The predicted molar refractivity (Wildman–Crippen MR) is 61.2 cm³/mol. The molecule has 0 aliphatic rings. The summed E-state index contributed by atoms with van der Waals surface area (Å²) < 4.78 is 0. The lowest BCUT2D eigenvalue weighted by Gasteiger charge is -2.19. The Morgan fingerprint density at radius 1 is 1.29 bits per heavy atom. The third-order valence-electron chi connectivity index (χ3n) is 2.28. The highest BCUT2D eigenvalue weighted by molar-refractivity contribution is 5.85. The van der Waals surface area contributed by atoms with Crippen LogP contribution in [-0.4, -0.2) is 27.8 Å².